The van der Waals surface area contributed by atoms with E-state index in [9.17, 15) is 9.59 Å². The molecule has 0 saturated heterocycles. The molecule has 0 aliphatic rings. The first-order chi connectivity index (χ1) is 16.8. The standard InChI is InChI=1S/C29H29NO5/c1-5-33-21-14-10-19(11-15-21)27(32)28-26(23-8-6-7-9-24(23)35-28)30-25(31)18-34-22-16-12-20(13-17-22)29(2,3)4/h6-17H,5,18H2,1-4H3,(H,30,31). The quantitative estimate of drug-likeness (QED) is 0.302. The van der Waals surface area contributed by atoms with Crippen LogP contribution in [-0.2, 0) is 10.2 Å². The number of nitrogens with one attached hydrogen (secondary N) is 1. The predicted octanol–water partition coefficient (Wildman–Crippen LogP) is 6.38. The molecule has 6 nitrogen and oxygen atoms in total. The molecule has 1 amide bonds. The van der Waals surface area contributed by atoms with Crippen molar-refractivity contribution in [3.05, 3.63) is 89.7 Å². The third-order valence-electron chi connectivity index (χ3n) is 5.58. The van der Waals surface area contributed by atoms with Gasteiger partial charge in [-0.15, -0.1) is 0 Å². The van der Waals surface area contributed by atoms with Gasteiger partial charge in [0.25, 0.3) is 5.91 Å². The Labute approximate surface area is 204 Å². The number of carbonyl (C=O) groups excluding carboxylic acids is 2. The van der Waals surface area contributed by atoms with Crippen molar-refractivity contribution >= 4 is 28.3 Å². The van der Waals surface area contributed by atoms with Crippen molar-refractivity contribution in [2.24, 2.45) is 0 Å². The lowest BCUT2D eigenvalue weighted by Gasteiger charge is -2.19. The van der Waals surface area contributed by atoms with Gasteiger partial charge in [0.2, 0.25) is 5.78 Å². The van der Waals surface area contributed by atoms with Gasteiger partial charge in [0.15, 0.2) is 12.4 Å². The van der Waals surface area contributed by atoms with Crippen LogP contribution in [-0.4, -0.2) is 24.9 Å². The number of para-hydroxylation sites is 1. The van der Waals surface area contributed by atoms with Crippen molar-refractivity contribution in [1.29, 1.82) is 0 Å². The Balaban J connectivity index is 1.53. The molecule has 180 valence electrons. The van der Waals surface area contributed by atoms with Crippen molar-refractivity contribution in [2.75, 3.05) is 18.5 Å². The van der Waals surface area contributed by atoms with E-state index in [4.69, 9.17) is 13.9 Å². The molecule has 0 bridgehead atoms. The second-order valence-electron chi connectivity index (χ2n) is 9.20. The van der Waals surface area contributed by atoms with Gasteiger partial charge in [-0.05, 0) is 66.4 Å². The number of ketones is 1. The molecule has 4 aromatic rings. The Hall–Kier alpha value is -4.06. The first-order valence-corrected chi connectivity index (χ1v) is 11.6. The fourth-order valence-electron chi connectivity index (χ4n) is 3.71. The second-order valence-corrected chi connectivity index (χ2v) is 9.20. The molecule has 3 aromatic carbocycles. The summed E-state index contributed by atoms with van der Waals surface area (Å²) in [7, 11) is 0. The molecule has 0 saturated carbocycles. The predicted molar refractivity (Wildman–Crippen MR) is 137 cm³/mol. The molecule has 0 radical (unpaired) electrons. The van der Waals surface area contributed by atoms with Gasteiger partial charge in [0.1, 0.15) is 17.1 Å². The first-order valence-electron chi connectivity index (χ1n) is 11.6. The largest absolute Gasteiger partial charge is 0.494 e. The van der Waals surface area contributed by atoms with E-state index in [0.29, 0.717) is 40.3 Å². The zero-order chi connectivity index (χ0) is 25.0. The fraction of sp³-hybridized carbons (Fsp3) is 0.241. The van der Waals surface area contributed by atoms with Crippen LogP contribution in [0.15, 0.2) is 77.2 Å². The fourth-order valence-corrected chi connectivity index (χ4v) is 3.71. The Kier molecular flexibility index (Phi) is 6.92. The van der Waals surface area contributed by atoms with E-state index in [1.807, 2.05) is 43.3 Å². The molecule has 0 unspecified atom stereocenters. The summed E-state index contributed by atoms with van der Waals surface area (Å²) in [5.41, 5.74) is 2.48. The van der Waals surface area contributed by atoms with Crippen LogP contribution in [0, 0.1) is 0 Å². The van der Waals surface area contributed by atoms with Crippen LogP contribution in [0.5, 0.6) is 11.5 Å². The van der Waals surface area contributed by atoms with E-state index in [2.05, 4.69) is 26.1 Å². The highest BCUT2D eigenvalue weighted by Crippen LogP contribution is 2.33. The smallest absolute Gasteiger partial charge is 0.262 e. The van der Waals surface area contributed by atoms with Gasteiger partial charge in [-0.2, -0.15) is 0 Å². The topological polar surface area (TPSA) is 77.8 Å². The highest BCUT2D eigenvalue weighted by molar-refractivity contribution is 6.17. The van der Waals surface area contributed by atoms with Gasteiger partial charge < -0.3 is 19.2 Å². The van der Waals surface area contributed by atoms with Crippen molar-refractivity contribution in [3.8, 4) is 11.5 Å². The summed E-state index contributed by atoms with van der Waals surface area (Å²) in [6, 6.07) is 21.7. The Morgan fingerprint density at radius 2 is 1.49 bits per heavy atom. The molecule has 1 N–H and O–H groups in total. The minimum Gasteiger partial charge on any atom is -0.494 e. The number of amides is 1. The second kappa shape index (κ2) is 10.1. The monoisotopic (exact) mass is 471 g/mol. The molecule has 6 heteroatoms. The number of carbonyl (C=O) groups is 2. The molecule has 1 heterocycles. The number of rotatable bonds is 8. The summed E-state index contributed by atoms with van der Waals surface area (Å²) in [5.74, 6) is 0.611. The zero-order valence-electron chi connectivity index (χ0n) is 20.4. The maximum absolute atomic E-state index is 13.3. The number of benzene rings is 3. The molecule has 0 aliphatic heterocycles. The van der Waals surface area contributed by atoms with Crippen LogP contribution < -0.4 is 14.8 Å². The van der Waals surface area contributed by atoms with Crippen molar-refractivity contribution in [2.45, 2.75) is 33.1 Å². The van der Waals surface area contributed by atoms with E-state index in [-0.39, 0.29) is 23.6 Å². The lowest BCUT2D eigenvalue weighted by atomic mass is 9.87. The number of anilines is 1. The molecule has 1 aromatic heterocycles. The number of ether oxygens (including phenoxy) is 2. The van der Waals surface area contributed by atoms with Gasteiger partial charge in [-0.1, -0.05) is 45.0 Å². The van der Waals surface area contributed by atoms with E-state index in [1.54, 1.807) is 36.4 Å². The zero-order valence-corrected chi connectivity index (χ0v) is 20.4. The third kappa shape index (κ3) is 5.54. The normalized spacial score (nSPS) is 11.3. The van der Waals surface area contributed by atoms with Crippen LogP contribution in [0.2, 0.25) is 0 Å². The van der Waals surface area contributed by atoms with E-state index >= 15 is 0 Å². The molecule has 0 fully saturated rings. The molecular weight excluding hydrogens is 442 g/mol. The lowest BCUT2D eigenvalue weighted by molar-refractivity contribution is -0.118. The summed E-state index contributed by atoms with van der Waals surface area (Å²) < 4.78 is 17.0. The van der Waals surface area contributed by atoms with E-state index in [1.165, 1.54) is 5.56 Å². The number of fused-ring (bicyclic) bond motifs is 1. The van der Waals surface area contributed by atoms with Gasteiger partial charge in [0, 0.05) is 10.9 Å². The van der Waals surface area contributed by atoms with Crippen LogP contribution in [0.25, 0.3) is 11.0 Å². The number of furan rings is 1. The van der Waals surface area contributed by atoms with E-state index in [0.717, 1.165) is 0 Å². The van der Waals surface area contributed by atoms with Gasteiger partial charge in [-0.3, -0.25) is 9.59 Å². The highest BCUT2D eigenvalue weighted by atomic mass is 16.5. The minimum absolute atomic E-state index is 0.0323. The maximum atomic E-state index is 13.3. The van der Waals surface area contributed by atoms with Crippen molar-refractivity contribution < 1.29 is 23.5 Å². The Bertz CT molecular complexity index is 1330. The Morgan fingerprint density at radius 1 is 0.857 bits per heavy atom. The lowest BCUT2D eigenvalue weighted by Crippen LogP contribution is -2.21. The van der Waals surface area contributed by atoms with Gasteiger partial charge >= 0.3 is 0 Å². The number of hydrogen-bond acceptors (Lipinski definition) is 5. The van der Waals surface area contributed by atoms with Gasteiger partial charge in [0.05, 0.1) is 12.3 Å². The molecule has 4 rings (SSSR count). The molecule has 0 aliphatic carbocycles. The SMILES string of the molecule is CCOc1ccc(C(=O)c2oc3ccccc3c2NC(=O)COc2ccc(C(C)(C)C)cc2)cc1. The van der Waals surface area contributed by atoms with Crippen LogP contribution in [0.4, 0.5) is 5.69 Å². The molecular formula is C29H29NO5. The average Bonchev–Trinajstić information content (AvgIpc) is 3.21. The summed E-state index contributed by atoms with van der Waals surface area (Å²) >= 11 is 0. The van der Waals surface area contributed by atoms with Gasteiger partial charge in [-0.25, -0.2) is 0 Å². The van der Waals surface area contributed by atoms with Crippen LogP contribution in [0.3, 0.4) is 0 Å². The highest BCUT2D eigenvalue weighted by Gasteiger charge is 2.23. The average molecular weight is 472 g/mol. The van der Waals surface area contributed by atoms with E-state index < -0.39 is 5.91 Å². The summed E-state index contributed by atoms with van der Waals surface area (Å²) in [6.45, 7) is 8.64. The molecule has 0 atom stereocenters. The summed E-state index contributed by atoms with van der Waals surface area (Å²) in [5, 5.41) is 3.46. The van der Waals surface area contributed by atoms with Crippen molar-refractivity contribution in [3.63, 3.8) is 0 Å². The summed E-state index contributed by atoms with van der Waals surface area (Å²) in [6.07, 6.45) is 0. The van der Waals surface area contributed by atoms with Crippen LogP contribution >= 0.6 is 0 Å². The molecule has 0 spiro atoms. The minimum atomic E-state index is -0.391. The Morgan fingerprint density at radius 3 is 2.14 bits per heavy atom. The first kappa shape index (κ1) is 24.1. The number of hydrogen-bond donors (Lipinski definition) is 1. The molecule has 35 heavy (non-hydrogen) atoms. The maximum Gasteiger partial charge on any atom is 0.262 e. The third-order valence-corrected chi connectivity index (χ3v) is 5.58. The summed E-state index contributed by atoms with van der Waals surface area (Å²) in [4.78, 5) is 26.0. The van der Waals surface area contributed by atoms with Crippen LogP contribution in [0.1, 0.15) is 49.4 Å². The van der Waals surface area contributed by atoms with Crippen molar-refractivity contribution in [1.82, 2.24) is 0 Å².